The highest BCUT2D eigenvalue weighted by molar-refractivity contribution is 5.79. The van der Waals surface area contributed by atoms with Crippen LogP contribution in [0, 0.1) is 0 Å². The zero-order valence-corrected chi connectivity index (χ0v) is 14.5. The van der Waals surface area contributed by atoms with Crippen LogP contribution in [-0.2, 0) is 18.3 Å². The fourth-order valence-electron chi connectivity index (χ4n) is 2.46. The van der Waals surface area contributed by atoms with Gasteiger partial charge in [-0.25, -0.2) is 0 Å². The Labute approximate surface area is 142 Å². The predicted molar refractivity (Wildman–Crippen MR) is 94.7 cm³/mol. The number of amides is 1. The van der Waals surface area contributed by atoms with Crippen molar-refractivity contribution < 1.29 is 9.90 Å². The molecule has 2 aromatic rings. The number of aromatic nitrogens is 2. The quantitative estimate of drug-likeness (QED) is 0.692. The number of benzene rings is 1. The van der Waals surface area contributed by atoms with E-state index >= 15 is 0 Å². The van der Waals surface area contributed by atoms with Crippen LogP contribution in [0.15, 0.2) is 36.7 Å². The molecule has 0 fully saturated rings. The fourth-order valence-corrected chi connectivity index (χ4v) is 2.46. The van der Waals surface area contributed by atoms with Crippen molar-refractivity contribution in [1.82, 2.24) is 15.1 Å². The number of hydrogen-bond donors (Lipinski definition) is 3. The highest BCUT2D eigenvalue weighted by Gasteiger charge is 2.10. The van der Waals surface area contributed by atoms with Crippen molar-refractivity contribution in [1.29, 1.82) is 0 Å². The number of carbonyl (C=O) groups excluding carboxylic acids is 1. The van der Waals surface area contributed by atoms with E-state index in [1.54, 1.807) is 4.68 Å². The highest BCUT2D eigenvalue weighted by Crippen LogP contribution is 2.19. The number of aryl methyl sites for hydroxylation is 1. The van der Waals surface area contributed by atoms with Gasteiger partial charge in [-0.2, -0.15) is 5.10 Å². The molecule has 6 nitrogen and oxygen atoms in total. The van der Waals surface area contributed by atoms with Crippen LogP contribution in [0.5, 0.6) is 0 Å². The van der Waals surface area contributed by atoms with E-state index in [4.69, 9.17) is 5.11 Å². The largest absolute Gasteiger partial charge is 0.394 e. The van der Waals surface area contributed by atoms with Gasteiger partial charge >= 0.3 is 0 Å². The topological polar surface area (TPSA) is 79.2 Å². The summed E-state index contributed by atoms with van der Waals surface area (Å²) >= 11 is 0. The number of aliphatic hydroxyl groups is 1. The van der Waals surface area contributed by atoms with Crippen molar-refractivity contribution in [3.8, 4) is 0 Å². The Balaban J connectivity index is 1.89. The smallest absolute Gasteiger partial charge is 0.224 e. The van der Waals surface area contributed by atoms with E-state index in [1.807, 2.05) is 50.6 Å². The summed E-state index contributed by atoms with van der Waals surface area (Å²) in [5.41, 5.74) is 3.06. The molecular formula is C18H26N4O2. The van der Waals surface area contributed by atoms with Crippen molar-refractivity contribution in [2.75, 3.05) is 11.9 Å². The first kappa shape index (κ1) is 18.0. The minimum Gasteiger partial charge on any atom is -0.394 e. The first-order chi connectivity index (χ1) is 11.5. The van der Waals surface area contributed by atoms with Crippen molar-refractivity contribution in [2.45, 2.75) is 38.8 Å². The Hall–Kier alpha value is -2.34. The molecule has 1 heterocycles. The Kier molecular flexibility index (Phi) is 6.37. The van der Waals surface area contributed by atoms with Gasteiger partial charge in [0.05, 0.1) is 31.3 Å². The second-order valence-corrected chi connectivity index (χ2v) is 6.04. The van der Waals surface area contributed by atoms with Gasteiger partial charge in [0.2, 0.25) is 5.91 Å². The van der Waals surface area contributed by atoms with Crippen LogP contribution >= 0.6 is 0 Å². The molecule has 0 spiro atoms. The molecule has 2 rings (SSSR count). The molecule has 0 saturated carbocycles. The van der Waals surface area contributed by atoms with Gasteiger partial charge in [-0.3, -0.25) is 9.48 Å². The average molecular weight is 330 g/mol. The van der Waals surface area contributed by atoms with Crippen LogP contribution in [0.1, 0.15) is 37.4 Å². The number of anilines is 1. The number of aliphatic hydroxyl groups excluding tert-OH is 1. The number of hydrogen-bond acceptors (Lipinski definition) is 4. The maximum Gasteiger partial charge on any atom is 0.224 e. The molecule has 2 unspecified atom stereocenters. The minimum absolute atomic E-state index is 0.0304. The highest BCUT2D eigenvalue weighted by atomic mass is 16.3. The molecule has 0 aliphatic carbocycles. The SMILES string of the molecule is CCC(CO)NC(=O)Cc1ccc(NC(C)c2cnn(C)c2)cc1. The molecule has 0 aliphatic rings. The summed E-state index contributed by atoms with van der Waals surface area (Å²) in [6.45, 7) is 3.99. The van der Waals surface area contributed by atoms with E-state index in [1.165, 1.54) is 0 Å². The Morgan fingerprint density at radius 2 is 2.04 bits per heavy atom. The lowest BCUT2D eigenvalue weighted by Crippen LogP contribution is -2.37. The molecule has 130 valence electrons. The minimum atomic E-state index is -0.168. The van der Waals surface area contributed by atoms with Crippen LogP contribution in [0.25, 0.3) is 0 Å². The van der Waals surface area contributed by atoms with E-state index in [9.17, 15) is 4.79 Å². The molecule has 0 aliphatic heterocycles. The molecule has 6 heteroatoms. The lowest BCUT2D eigenvalue weighted by Gasteiger charge is -2.15. The Morgan fingerprint density at radius 3 is 2.58 bits per heavy atom. The van der Waals surface area contributed by atoms with Gasteiger partial charge in [0.1, 0.15) is 0 Å². The lowest BCUT2D eigenvalue weighted by atomic mass is 10.1. The molecule has 24 heavy (non-hydrogen) atoms. The van der Waals surface area contributed by atoms with Crippen LogP contribution in [0.4, 0.5) is 5.69 Å². The molecule has 1 amide bonds. The third-order valence-electron chi connectivity index (χ3n) is 4.00. The van der Waals surface area contributed by atoms with E-state index in [2.05, 4.69) is 22.7 Å². The molecule has 0 saturated heterocycles. The van der Waals surface area contributed by atoms with Gasteiger partial charge in [0.25, 0.3) is 0 Å². The van der Waals surface area contributed by atoms with Crippen LogP contribution in [0.2, 0.25) is 0 Å². The number of rotatable bonds is 8. The molecule has 1 aromatic heterocycles. The van der Waals surface area contributed by atoms with Gasteiger partial charge in [0, 0.05) is 24.5 Å². The van der Waals surface area contributed by atoms with Gasteiger partial charge < -0.3 is 15.7 Å². The van der Waals surface area contributed by atoms with Gasteiger partial charge in [-0.1, -0.05) is 19.1 Å². The molecular weight excluding hydrogens is 304 g/mol. The maximum absolute atomic E-state index is 11.9. The molecule has 1 aromatic carbocycles. The first-order valence-electron chi connectivity index (χ1n) is 8.26. The zero-order valence-electron chi connectivity index (χ0n) is 14.5. The maximum atomic E-state index is 11.9. The standard InChI is InChI=1S/C18H26N4O2/c1-4-16(12-23)21-18(24)9-14-5-7-17(8-6-14)20-13(2)15-10-19-22(3)11-15/h5-8,10-11,13,16,20,23H,4,9,12H2,1-3H3,(H,21,24). The second-order valence-electron chi connectivity index (χ2n) is 6.04. The number of nitrogens with one attached hydrogen (secondary N) is 2. The van der Waals surface area contributed by atoms with E-state index < -0.39 is 0 Å². The number of carbonyl (C=O) groups is 1. The normalized spacial score (nSPS) is 13.3. The van der Waals surface area contributed by atoms with Gasteiger partial charge in [-0.15, -0.1) is 0 Å². The Bertz CT molecular complexity index is 647. The summed E-state index contributed by atoms with van der Waals surface area (Å²) in [5.74, 6) is -0.0691. The summed E-state index contributed by atoms with van der Waals surface area (Å²) in [7, 11) is 1.90. The van der Waals surface area contributed by atoms with E-state index in [-0.39, 0.29) is 24.6 Å². The summed E-state index contributed by atoms with van der Waals surface area (Å²) in [6, 6.07) is 7.81. The summed E-state index contributed by atoms with van der Waals surface area (Å²) in [6.07, 6.45) is 4.87. The Morgan fingerprint density at radius 1 is 1.33 bits per heavy atom. The van der Waals surface area contributed by atoms with E-state index in [0.29, 0.717) is 6.42 Å². The third kappa shape index (κ3) is 5.09. The first-order valence-corrected chi connectivity index (χ1v) is 8.26. The van der Waals surface area contributed by atoms with E-state index in [0.717, 1.165) is 23.2 Å². The number of nitrogens with zero attached hydrogens (tertiary/aromatic N) is 2. The molecule has 0 radical (unpaired) electrons. The van der Waals surface area contributed by atoms with Crippen LogP contribution < -0.4 is 10.6 Å². The molecule has 3 N–H and O–H groups in total. The van der Waals surface area contributed by atoms with Crippen molar-refractivity contribution in [3.05, 3.63) is 47.8 Å². The van der Waals surface area contributed by atoms with Crippen molar-refractivity contribution >= 4 is 11.6 Å². The van der Waals surface area contributed by atoms with Gasteiger partial charge in [-0.05, 0) is 31.0 Å². The van der Waals surface area contributed by atoms with Crippen molar-refractivity contribution in [2.24, 2.45) is 7.05 Å². The third-order valence-corrected chi connectivity index (χ3v) is 4.00. The van der Waals surface area contributed by atoms with Crippen molar-refractivity contribution in [3.63, 3.8) is 0 Å². The molecule has 2 atom stereocenters. The molecule has 0 bridgehead atoms. The summed E-state index contributed by atoms with van der Waals surface area (Å²) in [4.78, 5) is 11.9. The fraction of sp³-hybridized carbons (Fsp3) is 0.444. The van der Waals surface area contributed by atoms with Crippen LogP contribution in [0.3, 0.4) is 0 Å². The second kappa shape index (κ2) is 8.49. The van der Waals surface area contributed by atoms with Gasteiger partial charge in [0.15, 0.2) is 0 Å². The zero-order chi connectivity index (χ0) is 17.5. The predicted octanol–water partition coefficient (Wildman–Crippen LogP) is 2.02. The summed E-state index contributed by atoms with van der Waals surface area (Å²) in [5, 5.41) is 19.5. The lowest BCUT2D eigenvalue weighted by molar-refractivity contribution is -0.121. The monoisotopic (exact) mass is 330 g/mol. The van der Waals surface area contributed by atoms with Crippen LogP contribution in [-0.4, -0.2) is 33.4 Å². The summed E-state index contributed by atoms with van der Waals surface area (Å²) < 4.78 is 1.78. The average Bonchev–Trinajstić information content (AvgIpc) is 3.01.